The van der Waals surface area contributed by atoms with Gasteiger partial charge in [0.2, 0.25) is 8.69 Å². The van der Waals surface area contributed by atoms with Gasteiger partial charge in [-0.15, -0.1) is 0 Å². The van der Waals surface area contributed by atoms with E-state index >= 15 is 0 Å². The lowest BCUT2D eigenvalue weighted by Crippen LogP contribution is -2.70. The zero-order chi connectivity index (χ0) is 15.7. The van der Waals surface area contributed by atoms with Crippen molar-refractivity contribution >= 4 is 8.69 Å². The van der Waals surface area contributed by atoms with E-state index in [1.807, 2.05) is 12.1 Å². The highest BCUT2D eigenvalue weighted by Gasteiger charge is 2.69. The van der Waals surface area contributed by atoms with Crippen molar-refractivity contribution in [3.05, 3.63) is 29.8 Å². The Kier molecular flexibility index (Phi) is 4.79. The molecule has 1 aliphatic heterocycles. The van der Waals surface area contributed by atoms with E-state index in [-0.39, 0.29) is 11.8 Å². The molecule has 2 rings (SSSR count). The van der Waals surface area contributed by atoms with Crippen molar-refractivity contribution in [3.63, 3.8) is 0 Å². The third kappa shape index (κ3) is 2.33. The molecule has 0 aliphatic carbocycles. The lowest BCUT2D eigenvalue weighted by molar-refractivity contribution is -0.634. The second-order valence-corrected chi connectivity index (χ2v) is 6.26. The van der Waals surface area contributed by atoms with Crippen molar-refractivity contribution in [2.45, 2.75) is 39.1 Å². The highest BCUT2D eigenvalue weighted by molar-refractivity contribution is 7.17. The first-order valence-electron chi connectivity index (χ1n) is 7.07. The summed E-state index contributed by atoms with van der Waals surface area (Å²) in [5, 5.41) is 0. The third-order valence-electron chi connectivity index (χ3n) is 4.21. The van der Waals surface area contributed by atoms with Gasteiger partial charge in [0.05, 0.1) is 0 Å². The molecule has 6 heteroatoms. The van der Waals surface area contributed by atoms with Crippen LogP contribution < -0.4 is 4.52 Å². The van der Waals surface area contributed by atoms with Gasteiger partial charge in [-0.05, 0) is 24.0 Å². The van der Waals surface area contributed by atoms with E-state index < -0.39 is 20.1 Å². The average Bonchev–Trinajstić information content (AvgIpc) is 2.39. The second-order valence-electron chi connectivity index (χ2n) is 5.83. The minimum Gasteiger partial charge on any atom is -0.447 e. The summed E-state index contributed by atoms with van der Waals surface area (Å²) in [6, 6.07) is 7.27. The highest BCUT2D eigenvalue weighted by atomic mass is 31.1. The molecule has 1 aromatic rings. The van der Waals surface area contributed by atoms with Gasteiger partial charge < -0.3 is 9.26 Å². The molecule has 1 aliphatic rings. The predicted octanol–water partition coefficient (Wildman–Crippen LogP) is 3.55. The molecule has 2 atom stereocenters. The van der Waals surface area contributed by atoms with E-state index in [4.69, 9.17) is 19.0 Å². The Labute approximate surface area is 126 Å². The molecule has 1 aromatic carbocycles. The third-order valence-corrected chi connectivity index (χ3v) is 4.58. The van der Waals surface area contributed by atoms with E-state index in [0.717, 1.165) is 5.56 Å². The zero-order valence-electron chi connectivity index (χ0n) is 13.1. The maximum Gasteiger partial charge on any atom is 0.260 e. The van der Waals surface area contributed by atoms with Crippen LogP contribution in [0.2, 0.25) is 0 Å². The zero-order valence-corrected chi connectivity index (χ0v) is 14.2. The van der Waals surface area contributed by atoms with E-state index in [9.17, 15) is 4.57 Å². The first-order valence-corrected chi connectivity index (χ1v) is 8.01. The standard InChI is InChI=1S/C15H23O5P/c1-10(2)14(11(3)4)15(17-5,20-19-14)12-7-6-8-13(9-12)18-21-16/h6-11H,21H2,1-5H3. The van der Waals surface area contributed by atoms with Gasteiger partial charge in [0.25, 0.3) is 5.79 Å². The molecule has 2 unspecified atom stereocenters. The Balaban J connectivity index is 2.51. The van der Waals surface area contributed by atoms with Crippen LogP contribution >= 0.6 is 8.69 Å². The molecule has 0 aromatic heterocycles. The van der Waals surface area contributed by atoms with Gasteiger partial charge in [0.15, 0.2) is 5.60 Å². The van der Waals surface area contributed by atoms with E-state index in [2.05, 4.69) is 27.7 Å². The number of methoxy groups -OCH3 is 1. The van der Waals surface area contributed by atoms with Crippen LogP contribution in [0.25, 0.3) is 0 Å². The molecular weight excluding hydrogens is 291 g/mol. The minimum absolute atomic E-state index is 0.181. The summed E-state index contributed by atoms with van der Waals surface area (Å²) in [7, 11) is 0.299. The van der Waals surface area contributed by atoms with Gasteiger partial charge in [-0.3, -0.25) is 4.57 Å². The average molecular weight is 314 g/mol. The minimum atomic E-state index is -1.31. The molecule has 21 heavy (non-hydrogen) atoms. The summed E-state index contributed by atoms with van der Waals surface area (Å²) < 4.78 is 21.6. The van der Waals surface area contributed by atoms with Gasteiger partial charge in [-0.1, -0.05) is 39.8 Å². The molecular formula is C15H23O5P. The van der Waals surface area contributed by atoms with Crippen molar-refractivity contribution < 1.29 is 23.6 Å². The summed E-state index contributed by atoms with van der Waals surface area (Å²) in [4.78, 5) is 11.1. The van der Waals surface area contributed by atoms with Crippen molar-refractivity contribution in [1.82, 2.24) is 0 Å². The second kappa shape index (κ2) is 6.09. The number of ether oxygens (including phenoxy) is 1. The fourth-order valence-electron chi connectivity index (χ4n) is 3.25. The molecule has 0 radical (unpaired) electrons. The monoisotopic (exact) mass is 314 g/mol. The summed E-state index contributed by atoms with van der Waals surface area (Å²) in [6.07, 6.45) is 0. The van der Waals surface area contributed by atoms with Crippen LogP contribution in [-0.4, -0.2) is 12.7 Å². The largest absolute Gasteiger partial charge is 0.447 e. The Bertz CT molecular complexity index is 505. The summed E-state index contributed by atoms with van der Waals surface area (Å²) in [5.41, 5.74) is 0.203. The van der Waals surface area contributed by atoms with Crippen molar-refractivity contribution in [2.75, 3.05) is 7.11 Å². The summed E-state index contributed by atoms with van der Waals surface area (Å²) in [5.74, 6) is -0.0972. The molecule has 0 N–H and O–H groups in total. The smallest absolute Gasteiger partial charge is 0.260 e. The maximum atomic E-state index is 10.7. The first kappa shape index (κ1) is 16.5. The fourth-order valence-corrected chi connectivity index (χ4v) is 3.51. The van der Waals surface area contributed by atoms with Gasteiger partial charge >= 0.3 is 0 Å². The highest BCUT2D eigenvalue weighted by Crippen LogP contribution is 2.57. The molecule has 1 fully saturated rings. The van der Waals surface area contributed by atoms with Crippen LogP contribution in [0, 0.1) is 11.8 Å². The predicted molar refractivity (Wildman–Crippen MR) is 80.7 cm³/mol. The van der Waals surface area contributed by atoms with E-state index in [1.54, 1.807) is 19.2 Å². The van der Waals surface area contributed by atoms with Gasteiger partial charge in [-0.25, -0.2) is 4.89 Å². The van der Waals surface area contributed by atoms with Crippen molar-refractivity contribution in [1.29, 1.82) is 0 Å². The van der Waals surface area contributed by atoms with Crippen LogP contribution in [0.5, 0.6) is 5.75 Å². The SMILES string of the molecule is COC1(c2cccc(O[PH2]=O)c2)OOC1(C(C)C)C(C)C. The molecule has 5 nitrogen and oxygen atoms in total. The number of benzene rings is 1. The first-order chi connectivity index (χ1) is 9.94. The van der Waals surface area contributed by atoms with E-state index in [0.29, 0.717) is 5.75 Å². The maximum absolute atomic E-state index is 10.7. The molecule has 1 saturated heterocycles. The normalized spacial score (nSPS) is 24.7. The lowest BCUT2D eigenvalue weighted by Gasteiger charge is -2.59. The van der Waals surface area contributed by atoms with Crippen LogP contribution in [0.15, 0.2) is 24.3 Å². The fraction of sp³-hybridized carbons (Fsp3) is 0.600. The lowest BCUT2D eigenvalue weighted by atomic mass is 9.70. The van der Waals surface area contributed by atoms with Crippen LogP contribution in [0.1, 0.15) is 33.3 Å². The van der Waals surface area contributed by atoms with E-state index in [1.165, 1.54) is 0 Å². The quantitative estimate of drug-likeness (QED) is 0.594. The Hall–Kier alpha value is -0.870. The van der Waals surface area contributed by atoms with Gasteiger partial charge in [-0.2, -0.15) is 4.89 Å². The Morgan fingerprint density at radius 1 is 1.14 bits per heavy atom. The topological polar surface area (TPSA) is 54.0 Å². The Morgan fingerprint density at radius 3 is 2.24 bits per heavy atom. The number of hydrogen-bond acceptors (Lipinski definition) is 5. The van der Waals surface area contributed by atoms with Crippen LogP contribution in [-0.2, 0) is 24.9 Å². The van der Waals surface area contributed by atoms with Crippen molar-refractivity contribution in [3.8, 4) is 5.75 Å². The van der Waals surface area contributed by atoms with Crippen molar-refractivity contribution in [2.24, 2.45) is 11.8 Å². The molecule has 118 valence electrons. The summed E-state index contributed by atoms with van der Waals surface area (Å²) in [6.45, 7) is 8.33. The molecule has 0 amide bonds. The van der Waals surface area contributed by atoms with Crippen LogP contribution in [0.3, 0.4) is 0 Å². The van der Waals surface area contributed by atoms with Gasteiger partial charge in [0.1, 0.15) is 5.75 Å². The number of rotatable bonds is 6. The van der Waals surface area contributed by atoms with Gasteiger partial charge in [0, 0.05) is 12.7 Å². The molecule has 0 saturated carbocycles. The van der Waals surface area contributed by atoms with Crippen LogP contribution in [0.4, 0.5) is 0 Å². The molecule has 1 heterocycles. The molecule has 0 spiro atoms. The Morgan fingerprint density at radius 2 is 1.81 bits per heavy atom. The summed E-state index contributed by atoms with van der Waals surface area (Å²) >= 11 is 0. The molecule has 0 bridgehead atoms. The number of hydrogen-bond donors (Lipinski definition) is 0.